The van der Waals surface area contributed by atoms with Crippen LogP contribution in [0.2, 0.25) is 0 Å². The Kier molecular flexibility index (Phi) is 4.75. The van der Waals surface area contributed by atoms with E-state index >= 15 is 0 Å². The lowest BCUT2D eigenvalue weighted by Gasteiger charge is -2.02. The predicted octanol–water partition coefficient (Wildman–Crippen LogP) is 3.96. The second-order valence-corrected chi connectivity index (χ2v) is 5.75. The van der Waals surface area contributed by atoms with E-state index in [-0.39, 0.29) is 0 Å². The van der Waals surface area contributed by atoms with Gasteiger partial charge in [0.25, 0.3) is 0 Å². The van der Waals surface area contributed by atoms with Gasteiger partial charge in [0.05, 0.1) is 12.8 Å². The molecule has 0 unspecified atom stereocenters. The molecule has 0 saturated heterocycles. The summed E-state index contributed by atoms with van der Waals surface area (Å²) in [6, 6.07) is 18.2. The van der Waals surface area contributed by atoms with Crippen LogP contribution in [-0.2, 0) is 17.6 Å². The molecule has 4 heteroatoms. The van der Waals surface area contributed by atoms with Gasteiger partial charge < -0.3 is 9.72 Å². The van der Waals surface area contributed by atoms with Crippen LogP contribution in [0.15, 0.2) is 54.6 Å². The summed E-state index contributed by atoms with van der Waals surface area (Å²) in [5.41, 5.74) is 4.39. The van der Waals surface area contributed by atoms with Gasteiger partial charge >= 0.3 is 5.97 Å². The molecule has 0 radical (unpaired) electrons. The van der Waals surface area contributed by atoms with E-state index in [9.17, 15) is 4.79 Å². The second-order valence-electron chi connectivity index (χ2n) is 5.75. The number of aromatic amines is 1. The summed E-state index contributed by atoms with van der Waals surface area (Å²) >= 11 is 0. The lowest BCUT2D eigenvalue weighted by atomic mass is 10.1. The third-order valence-electron chi connectivity index (χ3n) is 3.97. The quantitative estimate of drug-likeness (QED) is 0.724. The zero-order valence-corrected chi connectivity index (χ0v) is 13.9. The molecule has 0 aliphatic heterocycles. The second kappa shape index (κ2) is 7.13. The highest BCUT2D eigenvalue weighted by molar-refractivity contribution is 5.94. The van der Waals surface area contributed by atoms with Crippen LogP contribution in [0.25, 0.3) is 11.3 Å². The van der Waals surface area contributed by atoms with E-state index in [1.165, 1.54) is 18.2 Å². The molecule has 0 saturated carbocycles. The van der Waals surface area contributed by atoms with Crippen molar-refractivity contribution < 1.29 is 9.53 Å². The molecule has 3 rings (SSSR count). The summed E-state index contributed by atoms with van der Waals surface area (Å²) in [6.45, 7) is 2.03. The number of benzene rings is 2. The summed E-state index contributed by atoms with van der Waals surface area (Å²) in [5.74, 6) is 0.364. The van der Waals surface area contributed by atoms with E-state index < -0.39 is 5.97 Å². The Morgan fingerprint density at radius 1 is 1.04 bits per heavy atom. The van der Waals surface area contributed by atoms with Crippen molar-refractivity contribution >= 4 is 5.97 Å². The van der Waals surface area contributed by atoms with Crippen LogP contribution < -0.4 is 0 Å². The lowest BCUT2D eigenvalue weighted by Crippen LogP contribution is -2.04. The molecule has 0 bridgehead atoms. The summed E-state index contributed by atoms with van der Waals surface area (Å²) in [6.07, 6.45) is 1.60. The van der Waals surface area contributed by atoms with Gasteiger partial charge in [0.1, 0.15) is 5.82 Å². The third-order valence-corrected chi connectivity index (χ3v) is 3.97. The molecule has 0 amide bonds. The topological polar surface area (TPSA) is 55.0 Å². The molecule has 4 nitrogen and oxygen atoms in total. The molecule has 3 aromatic rings. The van der Waals surface area contributed by atoms with Gasteiger partial charge in [0.15, 0.2) is 5.69 Å². The van der Waals surface area contributed by atoms with Gasteiger partial charge in [-0.05, 0) is 18.9 Å². The predicted molar refractivity (Wildman–Crippen MR) is 94.0 cm³/mol. The zero-order chi connectivity index (χ0) is 16.9. The first kappa shape index (κ1) is 16.0. The van der Waals surface area contributed by atoms with Gasteiger partial charge in [0, 0.05) is 12.0 Å². The highest BCUT2D eigenvalue weighted by atomic mass is 16.5. The Bertz CT molecular complexity index is 821. The maximum Gasteiger partial charge on any atom is 0.358 e. The number of H-pyrrole nitrogens is 1. The minimum absolute atomic E-state index is 0.337. The number of hydrogen-bond donors (Lipinski definition) is 1. The van der Waals surface area contributed by atoms with Crippen molar-refractivity contribution in [1.29, 1.82) is 0 Å². The number of rotatable bonds is 5. The molecule has 1 aromatic heterocycles. The van der Waals surface area contributed by atoms with Crippen LogP contribution in [0, 0.1) is 6.92 Å². The van der Waals surface area contributed by atoms with Crippen molar-refractivity contribution in [1.82, 2.24) is 9.97 Å². The average molecular weight is 320 g/mol. The van der Waals surface area contributed by atoms with Crippen molar-refractivity contribution in [2.75, 3.05) is 7.11 Å². The fraction of sp³-hybridized carbons (Fsp3) is 0.200. The molecule has 1 N–H and O–H groups in total. The van der Waals surface area contributed by atoms with Crippen LogP contribution in [0.4, 0.5) is 0 Å². The average Bonchev–Trinajstić information content (AvgIpc) is 3.05. The van der Waals surface area contributed by atoms with Crippen molar-refractivity contribution in [3.8, 4) is 11.3 Å². The normalized spacial score (nSPS) is 10.6. The largest absolute Gasteiger partial charge is 0.464 e. The SMILES string of the molecule is COC(=O)c1nc(CCc2ccccc2)[nH]c1-c1ccc(C)cc1. The van der Waals surface area contributed by atoms with Crippen LogP contribution >= 0.6 is 0 Å². The Morgan fingerprint density at radius 3 is 2.42 bits per heavy atom. The molecular weight excluding hydrogens is 300 g/mol. The number of aromatic nitrogens is 2. The Morgan fingerprint density at radius 2 is 1.75 bits per heavy atom. The number of nitrogens with zero attached hydrogens (tertiary/aromatic N) is 1. The van der Waals surface area contributed by atoms with E-state index in [4.69, 9.17) is 4.74 Å². The molecule has 0 fully saturated rings. The van der Waals surface area contributed by atoms with Crippen molar-refractivity contribution in [3.05, 3.63) is 77.2 Å². The molecular formula is C20H20N2O2. The fourth-order valence-electron chi connectivity index (χ4n) is 2.62. The molecule has 0 atom stereocenters. The molecule has 0 spiro atoms. The summed E-state index contributed by atoms with van der Waals surface area (Å²) < 4.78 is 4.88. The molecule has 1 heterocycles. The first-order valence-electron chi connectivity index (χ1n) is 7.95. The molecule has 0 aliphatic carbocycles. The van der Waals surface area contributed by atoms with Crippen LogP contribution in [0.3, 0.4) is 0 Å². The lowest BCUT2D eigenvalue weighted by molar-refractivity contribution is 0.0595. The van der Waals surface area contributed by atoms with E-state index in [1.54, 1.807) is 0 Å². The standard InChI is InChI=1S/C20H20N2O2/c1-14-8-11-16(12-9-14)18-19(20(23)24-2)22-17(21-18)13-10-15-6-4-3-5-7-15/h3-9,11-12H,10,13H2,1-2H3,(H,21,22). The molecule has 122 valence electrons. The number of ether oxygens (including phenoxy) is 1. The summed E-state index contributed by atoms with van der Waals surface area (Å²) in [4.78, 5) is 19.8. The Balaban J connectivity index is 1.88. The first-order valence-corrected chi connectivity index (χ1v) is 7.95. The number of methoxy groups -OCH3 is 1. The van der Waals surface area contributed by atoms with Gasteiger partial charge in [0.2, 0.25) is 0 Å². The minimum atomic E-state index is -0.423. The van der Waals surface area contributed by atoms with Gasteiger partial charge in [-0.15, -0.1) is 0 Å². The van der Waals surface area contributed by atoms with Crippen LogP contribution in [0.1, 0.15) is 27.4 Å². The molecule has 24 heavy (non-hydrogen) atoms. The smallest absolute Gasteiger partial charge is 0.358 e. The minimum Gasteiger partial charge on any atom is -0.464 e. The molecule has 0 aliphatic rings. The maximum atomic E-state index is 12.1. The van der Waals surface area contributed by atoms with E-state index in [2.05, 4.69) is 22.1 Å². The van der Waals surface area contributed by atoms with E-state index in [0.717, 1.165) is 24.2 Å². The number of carbonyl (C=O) groups excluding carboxylic acids is 1. The van der Waals surface area contributed by atoms with Gasteiger partial charge in [-0.2, -0.15) is 0 Å². The zero-order valence-electron chi connectivity index (χ0n) is 13.9. The Hall–Kier alpha value is -2.88. The summed E-state index contributed by atoms with van der Waals surface area (Å²) in [7, 11) is 1.37. The van der Waals surface area contributed by atoms with Gasteiger partial charge in [-0.1, -0.05) is 60.2 Å². The monoisotopic (exact) mass is 320 g/mol. The number of imidazole rings is 1. The van der Waals surface area contributed by atoms with Crippen molar-refractivity contribution in [2.45, 2.75) is 19.8 Å². The number of carbonyl (C=O) groups is 1. The fourth-order valence-corrected chi connectivity index (χ4v) is 2.62. The molecule has 2 aromatic carbocycles. The summed E-state index contributed by atoms with van der Waals surface area (Å²) in [5, 5.41) is 0. The highest BCUT2D eigenvalue weighted by Gasteiger charge is 2.19. The number of esters is 1. The number of hydrogen-bond acceptors (Lipinski definition) is 3. The maximum absolute atomic E-state index is 12.1. The van der Waals surface area contributed by atoms with Gasteiger partial charge in [-0.3, -0.25) is 0 Å². The number of nitrogens with one attached hydrogen (secondary N) is 1. The third kappa shape index (κ3) is 3.54. The van der Waals surface area contributed by atoms with E-state index in [1.807, 2.05) is 49.4 Å². The van der Waals surface area contributed by atoms with E-state index in [0.29, 0.717) is 11.4 Å². The highest BCUT2D eigenvalue weighted by Crippen LogP contribution is 2.23. The van der Waals surface area contributed by atoms with Crippen LogP contribution in [-0.4, -0.2) is 23.0 Å². The number of aryl methyl sites for hydroxylation is 3. The van der Waals surface area contributed by atoms with Gasteiger partial charge in [-0.25, -0.2) is 9.78 Å². The first-order chi connectivity index (χ1) is 11.7. The Labute approximate surface area is 141 Å². The van der Waals surface area contributed by atoms with Crippen molar-refractivity contribution in [3.63, 3.8) is 0 Å². The van der Waals surface area contributed by atoms with Crippen molar-refractivity contribution in [2.24, 2.45) is 0 Å². The van der Waals surface area contributed by atoms with Crippen LogP contribution in [0.5, 0.6) is 0 Å².